The molecule has 8 heteroatoms. The molecule has 1 aromatic rings. The van der Waals surface area contributed by atoms with Crippen LogP contribution >= 0.6 is 15.9 Å². The summed E-state index contributed by atoms with van der Waals surface area (Å²) in [6.07, 6.45) is 0.917. The van der Waals surface area contributed by atoms with E-state index in [-0.39, 0.29) is 16.4 Å². The SMILES string of the molecule is Cc1c(Br)cc(C(=O)NCC2CCOC2)cc1S(N)(=O)=O. The highest BCUT2D eigenvalue weighted by Crippen LogP contribution is 2.25. The van der Waals surface area contributed by atoms with E-state index in [1.165, 1.54) is 6.07 Å². The third-order valence-electron chi connectivity index (χ3n) is 3.44. The molecule has 1 unspecified atom stereocenters. The molecule has 116 valence electrons. The van der Waals surface area contributed by atoms with Crippen molar-refractivity contribution in [1.82, 2.24) is 5.32 Å². The van der Waals surface area contributed by atoms with E-state index in [2.05, 4.69) is 21.2 Å². The van der Waals surface area contributed by atoms with E-state index in [0.717, 1.165) is 6.42 Å². The van der Waals surface area contributed by atoms with Gasteiger partial charge in [0.05, 0.1) is 11.5 Å². The van der Waals surface area contributed by atoms with E-state index in [9.17, 15) is 13.2 Å². The van der Waals surface area contributed by atoms with Crippen LogP contribution in [0.2, 0.25) is 0 Å². The highest BCUT2D eigenvalue weighted by molar-refractivity contribution is 9.10. The fourth-order valence-electron chi connectivity index (χ4n) is 2.16. The first-order valence-electron chi connectivity index (χ1n) is 6.48. The molecule has 0 spiro atoms. The van der Waals surface area contributed by atoms with Gasteiger partial charge in [0, 0.05) is 29.1 Å². The van der Waals surface area contributed by atoms with E-state index in [4.69, 9.17) is 9.88 Å². The number of sulfonamides is 1. The quantitative estimate of drug-likeness (QED) is 0.823. The second-order valence-electron chi connectivity index (χ2n) is 5.07. The average Bonchev–Trinajstić information content (AvgIpc) is 2.90. The van der Waals surface area contributed by atoms with Gasteiger partial charge < -0.3 is 10.1 Å². The third-order valence-corrected chi connectivity index (χ3v) is 5.30. The predicted octanol–water partition coefficient (Wildman–Crippen LogP) is 1.17. The summed E-state index contributed by atoms with van der Waals surface area (Å²) >= 11 is 3.26. The number of hydrogen-bond acceptors (Lipinski definition) is 4. The summed E-state index contributed by atoms with van der Waals surface area (Å²) in [4.78, 5) is 12.1. The van der Waals surface area contributed by atoms with Crippen molar-refractivity contribution < 1.29 is 17.9 Å². The maximum absolute atomic E-state index is 12.1. The van der Waals surface area contributed by atoms with Crippen LogP contribution < -0.4 is 10.5 Å². The first-order chi connectivity index (χ1) is 9.79. The number of hydrogen-bond donors (Lipinski definition) is 2. The van der Waals surface area contributed by atoms with Crippen molar-refractivity contribution in [3.63, 3.8) is 0 Å². The van der Waals surface area contributed by atoms with Gasteiger partial charge in [-0.1, -0.05) is 15.9 Å². The van der Waals surface area contributed by atoms with Gasteiger partial charge in [-0.25, -0.2) is 13.6 Å². The van der Waals surface area contributed by atoms with E-state index >= 15 is 0 Å². The number of carbonyl (C=O) groups is 1. The van der Waals surface area contributed by atoms with Gasteiger partial charge >= 0.3 is 0 Å². The van der Waals surface area contributed by atoms with Gasteiger partial charge in [0.1, 0.15) is 0 Å². The van der Waals surface area contributed by atoms with Gasteiger partial charge in [-0.3, -0.25) is 4.79 Å². The van der Waals surface area contributed by atoms with E-state index < -0.39 is 10.0 Å². The largest absolute Gasteiger partial charge is 0.381 e. The number of benzene rings is 1. The lowest BCUT2D eigenvalue weighted by Crippen LogP contribution is -2.29. The second-order valence-corrected chi connectivity index (χ2v) is 7.45. The van der Waals surface area contributed by atoms with Gasteiger partial charge in [-0.2, -0.15) is 0 Å². The zero-order valence-electron chi connectivity index (χ0n) is 11.6. The van der Waals surface area contributed by atoms with E-state index in [1.807, 2.05) is 0 Å². The molecule has 3 N–H and O–H groups in total. The molecule has 6 nitrogen and oxygen atoms in total. The fourth-order valence-corrected chi connectivity index (χ4v) is 3.58. The van der Waals surface area contributed by atoms with Crippen molar-refractivity contribution >= 4 is 31.9 Å². The molecule has 1 atom stereocenters. The molecule has 1 amide bonds. The third kappa shape index (κ3) is 4.03. The normalized spacial score (nSPS) is 18.7. The summed E-state index contributed by atoms with van der Waals surface area (Å²) in [5.74, 6) is -0.0203. The van der Waals surface area contributed by atoms with Crippen LogP contribution in [0.4, 0.5) is 0 Å². The summed E-state index contributed by atoms with van der Waals surface area (Å²) in [6, 6.07) is 2.89. The summed E-state index contributed by atoms with van der Waals surface area (Å²) < 4.78 is 28.9. The summed E-state index contributed by atoms with van der Waals surface area (Å²) in [5, 5.41) is 7.96. The number of halogens is 1. The summed E-state index contributed by atoms with van der Waals surface area (Å²) in [5.41, 5.74) is 0.744. The van der Waals surface area contributed by atoms with Crippen molar-refractivity contribution in [2.45, 2.75) is 18.2 Å². The van der Waals surface area contributed by atoms with Crippen molar-refractivity contribution in [1.29, 1.82) is 0 Å². The zero-order valence-corrected chi connectivity index (χ0v) is 14.0. The number of carbonyl (C=O) groups excluding carboxylic acids is 1. The minimum absolute atomic E-state index is 0.0498. The lowest BCUT2D eigenvalue weighted by Gasteiger charge is -2.12. The number of nitrogens with two attached hydrogens (primary N) is 1. The van der Waals surface area contributed by atoms with Crippen LogP contribution in [-0.2, 0) is 14.8 Å². The van der Waals surface area contributed by atoms with Gasteiger partial charge in [0.2, 0.25) is 10.0 Å². The van der Waals surface area contributed by atoms with Crippen LogP contribution in [0.3, 0.4) is 0 Å². The molecule has 1 aliphatic rings. The smallest absolute Gasteiger partial charge is 0.251 e. The van der Waals surface area contributed by atoms with E-state index in [1.54, 1.807) is 13.0 Å². The maximum atomic E-state index is 12.1. The lowest BCUT2D eigenvalue weighted by molar-refractivity contribution is 0.0944. The highest BCUT2D eigenvalue weighted by atomic mass is 79.9. The first-order valence-corrected chi connectivity index (χ1v) is 8.82. The molecule has 0 radical (unpaired) electrons. The Morgan fingerprint density at radius 1 is 1.52 bits per heavy atom. The van der Waals surface area contributed by atoms with E-state index in [0.29, 0.717) is 35.7 Å². The molecule has 2 rings (SSSR count). The molecule has 1 aliphatic heterocycles. The zero-order chi connectivity index (χ0) is 15.6. The Morgan fingerprint density at radius 2 is 2.24 bits per heavy atom. The Hall–Kier alpha value is -0.960. The molecule has 1 heterocycles. The Kier molecular flexibility index (Phi) is 5.03. The number of rotatable bonds is 4. The highest BCUT2D eigenvalue weighted by Gasteiger charge is 2.20. The summed E-state index contributed by atoms with van der Waals surface area (Å²) in [7, 11) is -3.87. The standard InChI is InChI=1S/C13H17BrN2O4S/c1-8-11(14)4-10(5-12(8)21(15,18)19)13(17)16-6-9-2-3-20-7-9/h4-5,9H,2-3,6-7H2,1H3,(H,16,17)(H2,15,18,19). The van der Waals surface area contributed by atoms with Crippen LogP contribution in [0.1, 0.15) is 22.3 Å². The Balaban J connectivity index is 2.19. The molecule has 1 fully saturated rings. The number of primary sulfonamides is 1. The van der Waals surface area contributed by atoms with Crippen LogP contribution in [0.5, 0.6) is 0 Å². The molecule has 0 aliphatic carbocycles. The van der Waals surface area contributed by atoms with Gasteiger partial charge in [0.15, 0.2) is 0 Å². The van der Waals surface area contributed by atoms with Crippen molar-refractivity contribution in [3.8, 4) is 0 Å². The first kappa shape index (κ1) is 16.4. The molecular formula is C13H17BrN2O4S. The van der Waals surface area contributed by atoms with Crippen LogP contribution in [0.25, 0.3) is 0 Å². The van der Waals surface area contributed by atoms with Gasteiger partial charge in [0.25, 0.3) is 5.91 Å². The Labute approximate surface area is 132 Å². The van der Waals surface area contributed by atoms with Crippen molar-refractivity contribution in [2.75, 3.05) is 19.8 Å². The van der Waals surface area contributed by atoms with Crippen LogP contribution in [0, 0.1) is 12.8 Å². The molecule has 1 aromatic carbocycles. The van der Waals surface area contributed by atoms with Gasteiger partial charge in [-0.05, 0) is 31.0 Å². The lowest BCUT2D eigenvalue weighted by atomic mass is 10.1. The molecule has 21 heavy (non-hydrogen) atoms. The summed E-state index contributed by atoms with van der Waals surface area (Å²) in [6.45, 7) is 3.49. The fraction of sp³-hybridized carbons (Fsp3) is 0.462. The minimum atomic E-state index is -3.87. The molecule has 0 aromatic heterocycles. The minimum Gasteiger partial charge on any atom is -0.381 e. The number of amides is 1. The van der Waals surface area contributed by atoms with Crippen LogP contribution in [0.15, 0.2) is 21.5 Å². The second kappa shape index (κ2) is 6.43. The molecule has 0 saturated carbocycles. The Bertz CT molecular complexity index is 654. The number of ether oxygens (including phenoxy) is 1. The van der Waals surface area contributed by atoms with Gasteiger partial charge in [-0.15, -0.1) is 0 Å². The molecule has 0 bridgehead atoms. The monoisotopic (exact) mass is 376 g/mol. The average molecular weight is 377 g/mol. The molecular weight excluding hydrogens is 360 g/mol. The topological polar surface area (TPSA) is 98.5 Å². The van der Waals surface area contributed by atoms with Crippen LogP contribution in [-0.4, -0.2) is 34.1 Å². The number of nitrogens with one attached hydrogen (secondary N) is 1. The Morgan fingerprint density at radius 3 is 2.81 bits per heavy atom. The molecule has 1 saturated heterocycles. The van der Waals surface area contributed by atoms with Crippen molar-refractivity contribution in [3.05, 3.63) is 27.7 Å². The predicted molar refractivity (Wildman–Crippen MR) is 81.5 cm³/mol. The van der Waals surface area contributed by atoms with Crippen molar-refractivity contribution in [2.24, 2.45) is 11.1 Å². The maximum Gasteiger partial charge on any atom is 0.251 e.